The SMILES string of the molecule is CN(C(=O)CC1CCCCN1)c1ccccn1. The molecule has 17 heavy (non-hydrogen) atoms. The summed E-state index contributed by atoms with van der Waals surface area (Å²) in [7, 11) is 1.79. The van der Waals surface area contributed by atoms with Gasteiger partial charge in [0.15, 0.2) is 0 Å². The quantitative estimate of drug-likeness (QED) is 0.862. The van der Waals surface area contributed by atoms with Gasteiger partial charge in [-0.3, -0.25) is 9.69 Å². The number of nitrogens with zero attached hydrogens (tertiary/aromatic N) is 2. The van der Waals surface area contributed by atoms with Crippen molar-refractivity contribution < 1.29 is 4.79 Å². The third kappa shape index (κ3) is 3.27. The summed E-state index contributed by atoms with van der Waals surface area (Å²) < 4.78 is 0. The highest BCUT2D eigenvalue weighted by molar-refractivity contribution is 5.92. The topological polar surface area (TPSA) is 45.2 Å². The van der Waals surface area contributed by atoms with E-state index in [9.17, 15) is 4.79 Å². The van der Waals surface area contributed by atoms with Crippen molar-refractivity contribution in [2.45, 2.75) is 31.7 Å². The van der Waals surface area contributed by atoms with E-state index in [1.807, 2.05) is 18.2 Å². The van der Waals surface area contributed by atoms with E-state index in [0.717, 1.165) is 13.0 Å². The zero-order chi connectivity index (χ0) is 12.1. The average Bonchev–Trinajstić information content (AvgIpc) is 2.40. The van der Waals surface area contributed by atoms with Crippen LogP contribution in [0, 0.1) is 0 Å². The molecule has 92 valence electrons. The molecule has 1 aliphatic rings. The van der Waals surface area contributed by atoms with Crippen LogP contribution in [0.25, 0.3) is 0 Å². The van der Waals surface area contributed by atoms with Gasteiger partial charge in [-0.25, -0.2) is 4.98 Å². The Morgan fingerprint density at radius 1 is 1.53 bits per heavy atom. The molecule has 0 bridgehead atoms. The molecule has 4 heteroatoms. The van der Waals surface area contributed by atoms with E-state index >= 15 is 0 Å². The largest absolute Gasteiger partial charge is 0.313 e. The first-order valence-corrected chi connectivity index (χ1v) is 6.18. The second kappa shape index (κ2) is 5.77. The van der Waals surface area contributed by atoms with Crippen LogP contribution in [0.4, 0.5) is 5.82 Å². The lowest BCUT2D eigenvalue weighted by Crippen LogP contribution is -2.39. The number of aromatic nitrogens is 1. The van der Waals surface area contributed by atoms with Gasteiger partial charge in [-0.15, -0.1) is 0 Å². The third-order valence-electron chi connectivity index (χ3n) is 3.20. The van der Waals surface area contributed by atoms with E-state index in [1.165, 1.54) is 12.8 Å². The summed E-state index contributed by atoms with van der Waals surface area (Å²) in [6, 6.07) is 5.93. The van der Waals surface area contributed by atoms with Crippen molar-refractivity contribution in [3.8, 4) is 0 Å². The third-order valence-corrected chi connectivity index (χ3v) is 3.20. The molecule has 0 spiro atoms. The summed E-state index contributed by atoms with van der Waals surface area (Å²) in [5.41, 5.74) is 0. The fourth-order valence-corrected chi connectivity index (χ4v) is 2.13. The second-order valence-corrected chi connectivity index (χ2v) is 4.49. The van der Waals surface area contributed by atoms with Crippen LogP contribution in [-0.2, 0) is 4.79 Å². The summed E-state index contributed by atoms with van der Waals surface area (Å²) in [4.78, 5) is 17.9. The Morgan fingerprint density at radius 3 is 3.06 bits per heavy atom. The van der Waals surface area contributed by atoms with Crippen molar-refractivity contribution >= 4 is 11.7 Å². The zero-order valence-corrected chi connectivity index (χ0v) is 10.2. The van der Waals surface area contributed by atoms with Crippen LogP contribution >= 0.6 is 0 Å². The van der Waals surface area contributed by atoms with Gasteiger partial charge in [-0.2, -0.15) is 0 Å². The minimum atomic E-state index is 0.128. The lowest BCUT2D eigenvalue weighted by Gasteiger charge is -2.25. The second-order valence-electron chi connectivity index (χ2n) is 4.49. The van der Waals surface area contributed by atoms with Crippen LogP contribution in [0.15, 0.2) is 24.4 Å². The number of hydrogen-bond acceptors (Lipinski definition) is 3. The number of carbonyl (C=O) groups is 1. The van der Waals surface area contributed by atoms with E-state index in [0.29, 0.717) is 18.3 Å². The fraction of sp³-hybridized carbons (Fsp3) is 0.538. The minimum Gasteiger partial charge on any atom is -0.313 e. The Morgan fingerprint density at radius 2 is 2.41 bits per heavy atom. The van der Waals surface area contributed by atoms with Gasteiger partial charge in [0.2, 0.25) is 5.91 Å². The van der Waals surface area contributed by atoms with Gasteiger partial charge in [0.05, 0.1) is 0 Å². The van der Waals surface area contributed by atoms with E-state index in [4.69, 9.17) is 0 Å². The Labute approximate surface area is 102 Å². The molecule has 0 saturated carbocycles. The Bertz CT molecular complexity index is 360. The number of pyridine rings is 1. The Hall–Kier alpha value is -1.42. The number of nitrogens with one attached hydrogen (secondary N) is 1. The highest BCUT2D eigenvalue weighted by atomic mass is 16.2. The molecular weight excluding hydrogens is 214 g/mol. The smallest absolute Gasteiger partial charge is 0.229 e. The number of anilines is 1. The van der Waals surface area contributed by atoms with Crippen molar-refractivity contribution in [2.24, 2.45) is 0 Å². The molecule has 0 aliphatic carbocycles. The van der Waals surface area contributed by atoms with E-state index in [-0.39, 0.29) is 5.91 Å². The summed E-state index contributed by atoms with van der Waals surface area (Å²) in [5.74, 6) is 0.844. The van der Waals surface area contributed by atoms with E-state index in [1.54, 1.807) is 18.1 Å². The number of carbonyl (C=O) groups excluding carboxylic acids is 1. The Balaban J connectivity index is 1.91. The van der Waals surface area contributed by atoms with Crippen molar-refractivity contribution in [1.82, 2.24) is 10.3 Å². The molecule has 4 nitrogen and oxygen atoms in total. The van der Waals surface area contributed by atoms with Crippen LogP contribution in [0.3, 0.4) is 0 Å². The maximum Gasteiger partial charge on any atom is 0.229 e. The van der Waals surface area contributed by atoms with Crippen LogP contribution in [-0.4, -0.2) is 30.5 Å². The van der Waals surface area contributed by atoms with Gasteiger partial charge in [0, 0.05) is 25.7 Å². The van der Waals surface area contributed by atoms with Crippen molar-refractivity contribution in [1.29, 1.82) is 0 Å². The molecule has 1 N–H and O–H groups in total. The highest BCUT2D eigenvalue weighted by Crippen LogP contribution is 2.14. The fourth-order valence-electron chi connectivity index (χ4n) is 2.13. The van der Waals surface area contributed by atoms with E-state index < -0.39 is 0 Å². The summed E-state index contributed by atoms with van der Waals surface area (Å²) >= 11 is 0. The first-order chi connectivity index (χ1) is 8.27. The molecule has 1 aliphatic heterocycles. The van der Waals surface area contributed by atoms with Gasteiger partial charge >= 0.3 is 0 Å². The van der Waals surface area contributed by atoms with Gasteiger partial charge in [-0.1, -0.05) is 12.5 Å². The number of amides is 1. The van der Waals surface area contributed by atoms with Gasteiger partial charge in [-0.05, 0) is 31.5 Å². The summed E-state index contributed by atoms with van der Waals surface area (Å²) in [6.07, 6.45) is 5.81. The first-order valence-electron chi connectivity index (χ1n) is 6.18. The summed E-state index contributed by atoms with van der Waals surface area (Å²) in [5, 5.41) is 3.39. The van der Waals surface area contributed by atoms with Gasteiger partial charge in [0.25, 0.3) is 0 Å². The van der Waals surface area contributed by atoms with Gasteiger partial charge in [0.1, 0.15) is 5.82 Å². The molecule has 1 atom stereocenters. The molecule has 1 fully saturated rings. The van der Waals surface area contributed by atoms with Crippen LogP contribution in [0.1, 0.15) is 25.7 Å². The molecule has 1 unspecified atom stereocenters. The lowest BCUT2D eigenvalue weighted by molar-refractivity contribution is -0.118. The Kier molecular flexibility index (Phi) is 4.09. The minimum absolute atomic E-state index is 0.128. The van der Waals surface area contributed by atoms with Crippen molar-refractivity contribution in [3.63, 3.8) is 0 Å². The molecule has 1 saturated heterocycles. The standard InChI is InChI=1S/C13H19N3O/c1-16(12-7-3-5-9-15-12)13(17)10-11-6-2-4-8-14-11/h3,5,7,9,11,14H,2,4,6,8,10H2,1H3. The molecule has 0 radical (unpaired) electrons. The molecular formula is C13H19N3O. The van der Waals surface area contributed by atoms with Crippen LogP contribution in [0.5, 0.6) is 0 Å². The number of rotatable bonds is 3. The lowest BCUT2D eigenvalue weighted by atomic mass is 10.0. The average molecular weight is 233 g/mol. The molecule has 1 aromatic heterocycles. The summed E-state index contributed by atoms with van der Waals surface area (Å²) in [6.45, 7) is 1.03. The monoisotopic (exact) mass is 233 g/mol. The molecule has 2 heterocycles. The number of piperidine rings is 1. The molecule has 1 aromatic rings. The normalized spacial score (nSPS) is 19.9. The predicted octanol–water partition coefficient (Wildman–Crippen LogP) is 1.58. The zero-order valence-electron chi connectivity index (χ0n) is 10.2. The van der Waals surface area contributed by atoms with Crippen LogP contribution < -0.4 is 10.2 Å². The number of hydrogen-bond donors (Lipinski definition) is 1. The van der Waals surface area contributed by atoms with Crippen molar-refractivity contribution in [2.75, 3.05) is 18.5 Å². The van der Waals surface area contributed by atoms with E-state index in [2.05, 4.69) is 10.3 Å². The molecule has 2 rings (SSSR count). The van der Waals surface area contributed by atoms with Gasteiger partial charge < -0.3 is 5.32 Å². The maximum atomic E-state index is 12.1. The molecule has 0 aromatic carbocycles. The van der Waals surface area contributed by atoms with Crippen LogP contribution in [0.2, 0.25) is 0 Å². The van der Waals surface area contributed by atoms with Crippen molar-refractivity contribution in [3.05, 3.63) is 24.4 Å². The molecule has 1 amide bonds. The predicted molar refractivity (Wildman–Crippen MR) is 67.9 cm³/mol. The first kappa shape index (κ1) is 12.0. The highest BCUT2D eigenvalue weighted by Gasteiger charge is 2.19. The maximum absolute atomic E-state index is 12.1.